The average Bonchev–Trinajstić information content (AvgIpc) is 3.29. The van der Waals surface area contributed by atoms with Crippen LogP contribution in [0.4, 0.5) is 5.69 Å². The summed E-state index contributed by atoms with van der Waals surface area (Å²) in [6.45, 7) is 2.74. The third kappa shape index (κ3) is 3.34. The van der Waals surface area contributed by atoms with Gasteiger partial charge in [-0.25, -0.2) is 4.98 Å². The van der Waals surface area contributed by atoms with Crippen LogP contribution >= 0.6 is 23.1 Å². The summed E-state index contributed by atoms with van der Waals surface area (Å²) in [7, 11) is 0. The van der Waals surface area contributed by atoms with E-state index < -0.39 is 0 Å². The summed E-state index contributed by atoms with van der Waals surface area (Å²) in [4.78, 5) is 19.5. The van der Waals surface area contributed by atoms with E-state index in [1.165, 1.54) is 5.56 Å². The maximum Gasteiger partial charge on any atom is 0.240 e. The molecule has 0 radical (unpaired) electrons. The Morgan fingerprint density at radius 2 is 1.92 bits per heavy atom. The summed E-state index contributed by atoms with van der Waals surface area (Å²) in [5, 5.41) is 1.90. The first kappa shape index (κ1) is 16.4. The molecule has 1 aromatic heterocycles. The molecule has 1 unspecified atom stereocenters. The third-order valence-electron chi connectivity index (χ3n) is 4.33. The van der Waals surface area contributed by atoms with Gasteiger partial charge < -0.3 is 4.90 Å². The van der Waals surface area contributed by atoms with Gasteiger partial charge in [0, 0.05) is 23.2 Å². The van der Waals surface area contributed by atoms with E-state index in [0.29, 0.717) is 0 Å². The molecule has 1 atom stereocenters. The highest BCUT2D eigenvalue weighted by Gasteiger charge is 2.28. The standard InChI is InChI=1S/C20H18N2OS2/c1-14(19(23)22-12-11-16-9-5-6-10-18(16)22)25-20-21-17(13-24-20)15-7-3-2-4-8-15/h2-10,13-14H,11-12H2,1H3. The maximum atomic E-state index is 12.9. The molecule has 1 amide bonds. The van der Waals surface area contributed by atoms with E-state index in [-0.39, 0.29) is 11.2 Å². The van der Waals surface area contributed by atoms with Gasteiger partial charge in [0.05, 0.1) is 10.9 Å². The van der Waals surface area contributed by atoms with Gasteiger partial charge in [0.15, 0.2) is 4.34 Å². The number of benzene rings is 2. The van der Waals surface area contributed by atoms with Crippen molar-refractivity contribution in [2.24, 2.45) is 0 Å². The van der Waals surface area contributed by atoms with E-state index in [4.69, 9.17) is 0 Å². The molecule has 126 valence electrons. The Balaban J connectivity index is 1.47. The summed E-state index contributed by atoms with van der Waals surface area (Å²) >= 11 is 3.14. The van der Waals surface area contributed by atoms with Crippen molar-refractivity contribution in [2.45, 2.75) is 22.9 Å². The quantitative estimate of drug-likeness (QED) is 0.617. The van der Waals surface area contributed by atoms with Crippen molar-refractivity contribution in [1.82, 2.24) is 4.98 Å². The molecule has 1 aliphatic heterocycles. The molecule has 0 aliphatic carbocycles. The predicted octanol–water partition coefficient (Wildman–Crippen LogP) is 4.88. The largest absolute Gasteiger partial charge is 0.311 e. The van der Waals surface area contributed by atoms with Gasteiger partial charge in [-0.3, -0.25) is 4.79 Å². The van der Waals surface area contributed by atoms with Gasteiger partial charge in [0.2, 0.25) is 5.91 Å². The first-order chi connectivity index (χ1) is 12.2. The Morgan fingerprint density at radius 1 is 1.16 bits per heavy atom. The number of aromatic nitrogens is 1. The number of thiazole rings is 1. The Bertz CT molecular complexity index is 891. The fraction of sp³-hybridized carbons (Fsp3) is 0.200. The van der Waals surface area contributed by atoms with Gasteiger partial charge in [-0.2, -0.15) is 0 Å². The van der Waals surface area contributed by atoms with Crippen LogP contribution in [-0.2, 0) is 11.2 Å². The second-order valence-electron chi connectivity index (χ2n) is 5.99. The van der Waals surface area contributed by atoms with Crippen molar-refractivity contribution in [3.63, 3.8) is 0 Å². The SMILES string of the molecule is CC(Sc1nc(-c2ccccc2)cs1)C(=O)N1CCc2ccccc21. The Hall–Kier alpha value is -2.11. The van der Waals surface area contributed by atoms with Gasteiger partial charge in [0.25, 0.3) is 0 Å². The van der Waals surface area contributed by atoms with Gasteiger partial charge in [-0.1, -0.05) is 60.3 Å². The zero-order valence-corrected chi connectivity index (χ0v) is 15.5. The molecule has 2 heterocycles. The van der Waals surface area contributed by atoms with E-state index in [1.54, 1.807) is 23.1 Å². The molecule has 0 N–H and O–H groups in total. The minimum atomic E-state index is -0.152. The van der Waals surface area contributed by atoms with Crippen molar-refractivity contribution in [3.8, 4) is 11.3 Å². The fourth-order valence-corrected chi connectivity index (χ4v) is 5.07. The minimum Gasteiger partial charge on any atom is -0.311 e. The lowest BCUT2D eigenvalue weighted by atomic mass is 10.2. The topological polar surface area (TPSA) is 33.2 Å². The molecule has 4 rings (SSSR count). The number of para-hydroxylation sites is 1. The second-order valence-corrected chi connectivity index (χ2v) is 8.44. The fourth-order valence-electron chi connectivity index (χ4n) is 3.04. The smallest absolute Gasteiger partial charge is 0.240 e. The summed E-state index contributed by atoms with van der Waals surface area (Å²) in [6, 6.07) is 18.3. The van der Waals surface area contributed by atoms with E-state index in [0.717, 1.165) is 34.2 Å². The lowest BCUT2D eigenvalue weighted by Gasteiger charge is -2.20. The van der Waals surface area contributed by atoms with Crippen LogP contribution in [0.5, 0.6) is 0 Å². The van der Waals surface area contributed by atoms with Crippen molar-refractivity contribution in [1.29, 1.82) is 0 Å². The summed E-state index contributed by atoms with van der Waals surface area (Å²) in [5.74, 6) is 0.159. The molecule has 0 spiro atoms. The zero-order valence-electron chi connectivity index (χ0n) is 13.9. The van der Waals surface area contributed by atoms with Crippen LogP contribution in [0.25, 0.3) is 11.3 Å². The number of carbonyl (C=O) groups is 1. The number of thioether (sulfide) groups is 1. The first-order valence-electron chi connectivity index (χ1n) is 8.29. The summed E-state index contributed by atoms with van der Waals surface area (Å²) in [5.41, 5.74) is 4.40. The number of carbonyl (C=O) groups excluding carboxylic acids is 1. The molecule has 2 aromatic carbocycles. The van der Waals surface area contributed by atoms with Gasteiger partial charge in [-0.05, 0) is 25.0 Å². The Kier molecular flexibility index (Phi) is 4.59. The van der Waals surface area contributed by atoms with Crippen LogP contribution in [0.15, 0.2) is 64.3 Å². The molecule has 5 heteroatoms. The highest BCUT2D eigenvalue weighted by Crippen LogP contribution is 2.34. The highest BCUT2D eigenvalue weighted by molar-refractivity contribution is 8.02. The molecule has 3 nitrogen and oxygen atoms in total. The third-order valence-corrected chi connectivity index (χ3v) is 6.39. The zero-order chi connectivity index (χ0) is 17.2. The number of anilines is 1. The maximum absolute atomic E-state index is 12.9. The molecular weight excluding hydrogens is 348 g/mol. The van der Waals surface area contributed by atoms with Crippen LogP contribution in [0, 0.1) is 0 Å². The first-order valence-corrected chi connectivity index (χ1v) is 10.1. The van der Waals surface area contributed by atoms with Crippen LogP contribution in [-0.4, -0.2) is 22.7 Å². The molecule has 0 saturated carbocycles. The molecule has 0 saturated heterocycles. The average molecular weight is 367 g/mol. The molecule has 25 heavy (non-hydrogen) atoms. The number of fused-ring (bicyclic) bond motifs is 1. The van der Waals surface area contributed by atoms with Crippen LogP contribution < -0.4 is 4.90 Å². The van der Waals surface area contributed by atoms with Crippen LogP contribution in [0.2, 0.25) is 0 Å². The van der Waals surface area contributed by atoms with E-state index in [9.17, 15) is 4.79 Å². The lowest BCUT2D eigenvalue weighted by Crippen LogP contribution is -2.35. The highest BCUT2D eigenvalue weighted by atomic mass is 32.2. The normalized spacial score (nSPS) is 14.4. The lowest BCUT2D eigenvalue weighted by molar-refractivity contribution is -0.117. The number of nitrogens with zero attached hydrogens (tertiary/aromatic N) is 2. The second kappa shape index (κ2) is 7.02. The van der Waals surface area contributed by atoms with E-state index in [1.807, 2.05) is 48.2 Å². The van der Waals surface area contributed by atoms with Gasteiger partial charge in [-0.15, -0.1) is 11.3 Å². The molecule has 0 bridgehead atoms. The molecule has 3 aromatic rings. The van der Waals surface area contributed by atoms with Gasteiger partial charge >= 0.3 is 0 Å². The number of rotatable bonds is 4. The van der Waals surface area contributed by atoms with Crippen molar-refractivity contribution >= 4 is 34.7 Å². The van der Waals surface area contributed by atoms with Crippen LogP contribution in [0.3, 0.4) is 0 Å². The summed E-state index contributed by atoms with van der Waals surface area (Å²) < 4.78 is 0.937. The number of amides is 1. The number of hydrogen-bond acceptors (Lipinski definition) is 4. The predicted molar refractivity (Wildman–Crippen MR) is 105 cm³/mol. The van der Waals surface area contributed by atoms with Crippen molar-refractivity contribution < 1.29 is 4.79 Å². The Labute approximate surface area is 155 Å². The molecule has 1 aliphatic rings. The van der Waals surface area contributed by atoms with Crippen molar-refractivity contribution in [2.75, 3.05) is 11.4 Å². The van der Waals surface area contributed by atoms with E-state index in [2.05, 4.69) is 28.6 Å². The molecular formula is C20H18N2OS2. The summed E-state index contributed by atoms with van der Waals surface area (Å²) in [6.07, 6.45) is 0.939. The monoisotopic (exact) mass is 366 g/mol. The van der Waals surface area contributed by atoms with E-state index >= 15 is 0 Å². The Morgan fingerprint density at radius 3 is 2.76 bits per heavy atom. The van der Waals surface area contributed by atoms with Crippen molar-refractivity contribution in [3.05, 3.63) is 65.5 Å². The number of hydrogen-bond donors (Lipinski definition) is 0. The van der Waals surface area contributed by atoms with Gasteiger partial charge in [0.1, 0.15) is 0 Å². The molecule has 0 fully saturated rings. The minimum absolute atomic E-state index is 0.152. The van der Waals surface area contributed by atoms with Crippen LogP contribution in [0.1, 0.15) is 12.5 Å².